The zero-order valence-electron chi connectivity index (χ0n) is 12.5. The van der Waals surface area contributed by atoms with E-state index in [9.17, 15) is 4.79 Å². The number of fused-ring (bicyclic) bond motifs is 1. The molecule has 1 aliphatic heterocycles. The summed E-state index contributed by atoms with van der Waals surface area (Å²) in [6, 6.07) is 5.69. The number of hydrogen-bond donors (Lipinski definition) is 1. The van der Waals surface area contributed by atoms with Crippen molar-refractivity contribution in [2.45, 2.75) is 19.5 Å². The van der Waals surface area contributed by atoms with E-state index in [1.165, 1.54) is 0 Å². The summed E-state index contributed by atoms with van der Waals surface area (Å²) in [5, 5.41) is 0. The van der Waals surface area contributed by atoms with E-state index in [-0.39, 0.29) is 5.56 Å². The molecule has 1 aliphatic rings. The molecule has 4 rings (SSSR count). The van der Waals surface area contributed by atoms with E-state index in [0.717, 1.165) is 35.5 Å². The molecule has 6 heteroatoms. The van der Waals surface area contributed by atoms with Crippen molar-refractivity contribution in [1.29, 1.82) is 0 Å². The minimum absolute atomic E-state index is 0.0446. The van der Waals surface area contributed by atoms with Crippen molar-refractivity contribution < 1.29 is 4.42 Å². The predicted octanol–water partition coefficient (Wildman–Crippen LogP) is 1.98. The van der Waals surface area contributed by atoms with Gasteiger partial charge < -0.3 is 9.40 Å². The van der Waals surface area contributed by atoms with E-state index < -0.39 is 0 Å². The van der Waals surface area contributed by atoms with Gasteiger partial charge in [-0.05, 0) is 24.6 Å². The summed E-state index contributed by atoms with van der Waals surface area (Å²) in [5.41, 5.74) is 3.55. The number of aromatic amines is 1. The second kappa shape index (κ2) is 5.81. The molecule has 0 saturated heterocycles. The standard InChI is InChI=1S/C17H16N4O2/c22-17-14-3-6-21(9-12-4-7-23-11-12)10-15(14)19-16(20-17)13-2-1-5-18-8-13/h1-2,4-5,7-8,11H,3,6,9-10H2,(H,19,20,22). The van der Waals surface area contributed by atoms with Gasteiger partial charge in [0.1, 0.15) is 5.82 Å². The van der Waals surface area contributed by atoms with Crippen molar-refractivity contribution in [2.75, 3.05) is 6.54 Å². The quantitative estimate of drug-likeness (QED) is 0.801. The number of hydrogen-bond acceptors (Lipinski definition) is 5. The van der Waals surface area contributed by atoms with Gasteiger partial charge in [0.25, 0.3) is 5.56 Å². The van der Waals surface area contributed by atoms with Gasteiger partial charge in [-0.25, -0.2) is 4.98 Å². The molecule has 0 aromatic carbocycles. The average Bonchev–Trinajstić information content (AvgIpc) is 3.08. The molecule has 0 aliphatic carbocycles. The van der Waals surface area contributed by atoms with E-state index in [2.05, 4.69) is 19.9 Å². The summed E-state index contributed by atoms with van der Waals surface area (Å²) in [4.78, 5) is 26.2. The number of nitrogens with zero attached hydrogens (tertiary/aromatic N) is 3. The van der Waals surface area contributed by atoms with E-state index in [1.807, 2.05) is 18.2 Å². The highest BCUT2D eigenvalue weighted by Gasteiger charge is 2.21. The topological polar surface area (TPSA) is 75.0 Å². The summed E-state index contributed by atoms with van der Waals surface area (Å²) in [5.74, 6) is 0.576. The van der Waals surface area contributed by atoms with E-state index in [0.29, 0.717) is 18.8 Å². The molecule has 0 spiro atoms. The van der Waals surface area contributed by atoms with Gasteiger partial charge in [0.2, 0.25) is 0 Å². The lowest BCUT2D eigenvalue weighted by Crippen LogP contribution is -2.35. The van der Waals surface area contributed by atoms with Gasteiger partial charge >= 0.3 is 0 Å². The third kappa shape index (κ3) is 2.80. The number of aromatic nitrogens is 3. The molecule has 3 aromatic heterocycles. The fourth-order valence-electron chi connectivity index (χ4n) is 2.91. The van der Waals surface area contributed by atoms with Crippen molar-refractivity contribution in [2.24, 2.45) is 0 Å². The van der Waals surface area contributed by atoms with Crippen LogP contribution >= 0.6 is 0 Å². The molecular formula is C17H16N4O2. The molecule has 0 fully saturated rings. The summed E-state index contributed by atoms with van der Waals surface area (Å²) < 4.78 is 5.12. The first-order chi connectivity index (χ1) is 11.3. The highest BCUT2D eigenvalue weighted by atomic mass is 16.3. The molecule has 0 radical (unpaired) electrons. The second-order valence-electron chi connectivity index (χ2n) is 5.67. The Morgan fingerprint density at radius 2 is 2.30 bits per heavy atom. The molecule has 0 unspecified atom stereocenters. The normalized spacial score (nSPS) is 14.6. The summed E-state index contributed by atoms with van der Waals surface area (Å²) in [6.45, 7) is 2.31. The van der Waals surface area contributed by atoms with Crippen LogP contribution in [0.4, 0.5) is 0 Å². The zero-order chi connectivity index (χ0) is 15.6. The first-order valence-electron chi connectivity index (χ1n) is 7.55. The van der Waals surface area contributed by atoms with Crippen LogP contribution < -0.4 is 5.56 Å². The fourth-order valence-corrected chi connectivity index (χ4v) is 2.91. The van der Waals surface area contributed by atoms with Crippen molar-refractivity contribution >= 4 is 0 Å². The Morgan fingerprint density at radius 1 is 1.35 bits per heavy atom. The van der Waals surface area contributed by atoms with Crippen molar-refractivity contribution in [1.82, 2.24) is 19.9 Å². The highest BCUT2D eigenvalue weighted by molar-refractivity contribution is 5.53. The molecular weight excluding hydrogens is 292 g/mol. The molecule has 0 saturated carbocycles. The largest absolute Gasteiger partial charge is 0.472 e. The van der Waals surface area contributed by atoms with Crippen molar-refractivity contribution in [3.8, 4) is 11.4 Å². The van der Waals surface area contributed by atoms with Crippen LogP contribution in [0.25, 0.3) is 11.4 Å². The number of H-pyrrole nitrogens is 1. The first kappa shape index (κ1) is 13.9. The molecule has 1 N–H and O–H groups in total. The molecule has 4 heterocycles. The third-order valence-electron chi connectivity index (χ3n) is 4.07. The minimum atomic E-state index is -0.0446. The van der Waals surface area contributed by atoms with Crippen molar-refractivity contribution in [3.63, 3.8) is 0 Å². The fraction of sp³-hybridized carbons (Fsp3) is 0.235. The lowest BCUT2D eigenvalue weighted by Gasteiger charge is -2.27. The molecule has 3 aromatic rings. The van der Waals surface area contributed by atoms with Gasteiger partial charge in [-0.3, -0.25) is 14.7 Å². The number of nitrogens with one attached hydrogen (secondary N) is 1. The molecule has 116 valence electrons. The number of rotatable bonds is 3. The molecule has 6 nitrogen and oxygen atoms in total. The zero-order valence-corrected chi connectivity index (χ0v) is 12.5. The van der Waals surface area contributed by atoms with Gasteiger partial charge in [0.05, 0.1) is 18.2 Å². The Hall–Kier alpha value is -2.73. The van der Waals surface area contributed by atoms with Gasteiger partial charge in [-0.2, -0.15) is 0 Å². The lowest BCUT2D eigenvalue weighted by atomic mass is 10.1. The Labute approximate surface area is 132 Å². The molecule has 23 heavy (non-hydrogen) atoms. The maximum absolute atomic E-state index is 12.3. The van der Waals surface area contributed by atoms with Crippen LogP contribution in [-0.2, 0) is 19.5 Å². The van der Waals surface area contributed by atoms with Crippen LogP contribution in [0.5, 0.6) is 0 Å². The Kier molecular flexibility index (Phi) is 3.51. The van der Waals surface area contributed by atoms with E-state index in [4.69, 9.17) is 4.42 Å². The molecule has 0 atom stereocenters. The average molecular weight is 308 g/mol. The summed E-state index contributed by atoms with van der Waals surface area (Å²) >= 11 is 0. The van der Waals surface area contributed by atoms with Crippen LogP contribution in [0, 0.1) is 0 Å². The molecule has 0 bridgehead atoms. The minimum Gasteiger partial charge on any atom is -0.472 e. The smallest absolute Gasteiger partial charge is 0.254 e. The van der Waals surface area contributed by atoms with Crippen LogP contribution in [0.15, 0.2) is 52.3 Å². The maximum Gasteiger partial charge on any atom is 0.254 e. The number of pyridine rings is 1. The number of furan rings is 1. The van der Waals surface area contributed by atoms with Crippen LogP contribution in [0.3, 0.4) is 0 Å². The van der Waals surface area contributed by atoms with Crippen LogP contribution in [-0.4, -0.2) is 26.4 Å². The monoisotopic (exact) mass is 308 g/mol. The lowest BCUT2D eigenvalue weighted by molar-refractivity contribution is 0.240. The van der Waals surface area contributed by atoms with Crippen LogP contribution in [0.1, 0.15) is 16.8 Å². The van der Waals surface area contributed by atoms with Crippen LogP contribution in [0.2, 0.25) is 0 Å². The SMILES string of the molecule is O=c1[nH]c(-c2cccnc2)nc2c1CCN(Cc1ccoc1)C2. The van der Waals surface area contributed by atoms with Crippen molar-refractivity contribution in [3.05, 3.63) is 70.3 Å². The highest BCUT2D eigenvalue weighted by Crippen LogP contribution is 2.19. The van der Waals surface area contributed by atoms with Gasteiger partial charge in [0, 0.05) is 48.7 Å². The summed E-state index contributed by atoms with van der Waals surface area (Å²) in [6.07, 6.45) is 7.55. The van der Waals surface area contributed by atoms with Gasteiger partial charge in [-0.15, -0.1) is 0 Å². The van der Waals surface area contributed by atoms with E-state index in [1.54, 1.807) is 24.9 Å². The van der Waals surface area contributed by atoms with Gasteiger partial charge in [-0.1, -0.05) is 0 Å². The Balaban J connectivity index is 1.64. The predicted molar refractivity (Wildman–Crippen MR) is 84.6 cm³/mol. The van der Waals surface area contributed by atoms with Gasteiger partial charge in [0.15, 0.2) is 0 Å². The maximum atomic E-state index is 12.3. The Bertz CT molecular complexity index is 856. The molecule has 0 amide bonds. The third-order valence-corrected chi connectivity index (χ3v) is 4.07. The summed E-state index contributed by atoms with van der Waals surface area (Å²) in [7, 11) is 0. The second-order valence-corrected chi connectivity index (χ2v) is 5.67. The van der Waals surface area contributed by atoms with E-state index >= 15 is 0 Å². The first-order valence-corrected chi connectivity index (χ1v) is 7.55. The Morgan fingerprint density at radius 3 is 3.09 bits per heavy atom.